The number of aromatic nitrogens is 3. The molecule has 0 saturated heterocycles. The standard InChI is InChI=1S/C20H36N6/c1-4-21-20(23-17-11-9-16(10-12-17)15(2)3)22-14-19-25-24-18-8-6-5-7-13-26(18)19/h15-17H,4-14H2,1-3H3,(H2,21,22,23). The quantitative estimate of drug-likeness (QED) is 0.625. The second-order valence-electron chi connectivity index (χ2n) is 8.19. The van der Waals surface area contributed by atoms with E-state index in [2.05, 4.69) is 46.2 Å². The van der Waals surface area contributed by atoms with E-state index >= 15 is 0 Å². The zero-order chi connectivity index (χ0) is 18.4. The predicted octanol–water partition coefficient (Wildman–Crippen LogP) is 3.27. The molecule has 1 fully saturated rings. The largest absolute Gasteiger partial charge is 0.357 e. The van der Waals surface area contributed by atoms with E-state index in [0.29, 0.717) is 12.6 Å². The van der Waals surface area contributed by atoms with Gasteiger partial charge in [0.05, 0.1) is 0 Å². The van der Waals surface area contributed by atoms with Crippen LogP contribution in [-0.2, 0) is 19.5 Å². The average Bonchev–Trinajstić information content (AvgIpc) is 2.86. The van der Waals surface area contributed by atoms with E-state index in [0.717, 1.165) is 49.0 Å². The molecule has 0 unspecified atom stereocenters. The highest BCUT2D eigenvalue weighted by Gasteiger charge is 2.23. The Hall–Kier alpha value is -1.59. The van der Waals surface area contributed by atoms with Crippen LogP contribution in [0.5, 0.6) is 0 Å². The molecule has 0 amide bonds. The van der Waals surface area contributed by atoms with Gasteiger partial charge in [-0.1, -0.05) is 20.3 Å². The molecular weight excluding hydrogens is 324 g/mol. The minimum Gasteiger partial charge on any atom is -0.357 e. The minimum absolute atomic E-state index is 0.540. The first kappa shape index (κ1) is 19.2. The number of fused-ring (bicyclic) bond motifs is 1. The van der Waals surface area contributed by atoms with Crippen molar-refractivity contribution in [3.05, 3.63) is 11.6 Å². The summed E-state index contributed by atoms with van der Waals surface area (Å²) in [7, 11) is 0. The minimum atomic E-state index is 0.540. The second kappa shape index (κ2) is 9.38. The summed E-state index contributed by atoms with van der Waals surface area (Å²) in [5.74, 6) is 4.76. The fourth-order valence-corrected chi connectivity index (χ4v) is 4.26. The molecule has 0 radical (unpaired) electrons. The highest BCUT2D eigenvalue weighted by Crippen LogP contribution is 2.29. The van der Waals surface area contributed by atoms with Crippen LogP contribution in [0.15, 0.2) is 4.99 Å². The molecule has 2 heterocycles. The Morgan fingerprint density at radius 1 is 1.15 bits per heavy atom. The van der Waals surface area contributed by atoms with Gasteiger partial charge < -0.3 is 15.2 Å². The third kappa shape index (κ3) is 4.98. The fourth-order valence-electron chi connectivity index (χ4n) is 4.26. The van der Waals surface area contributed by atoms with Crippen LogP contribution in [0.3, 0.4) is 0 Å². The molecule has 146 valence electrons. The SMILES string of the molecule is CCNC(=NCc1nnc2n1CCCCC2)NC1CCC(C(C)C)CC1. The average molecular weight is 361 g/mol. The van der Waals surface area contributed by atoms with E-state index in [1.165, 1.54) is 44.9 Å². The van der Waals surface area contributed by atoms with Crippen molar-refractivity contribution in [3.8, 4) is 0 Å². The van der Waals surface area contributed by atoms with E-state index < -0.39 is 0 Å². The van der Waals surface area contributed by atoms with Gasteiger partial charge in [0.15, 0.2) is 11.8 Å². The highest BCUT2D eigenvalue weighted by atomic mass is 15.3. The molecule has 6 heteroatoms. The highest BCUT2D eigenvalue weighted by molar-refractivity contribution is 5.80. The van der Waals surface area contributed by atoms with Crippen LogP contribution in [0.1, 0.15) is 77.4 Å². The molecule has 1 aromatic heterocycles. The van der Waals surface area contributed by atoms with Crippen molar-refractivity contribution in [3.63, 3.8) is 0 Å². The van der Waals surface area contributed by atoms with Gasteiger partial charge in [0.1, 0.15) is 12.4 Å². The topological polar surface area (TPSA) is 67.1 Å². The Morgan fingerprint density at radius 2 is 1.96 bits per heavy atom. The molecule has 0 aromatic carbocycles. The van der Waals surface area contributed by atoms with Crippen molar-refractivity contribution in [1.82, 2.24) is 25.4 Å². The van der Waals surface area contributed by atoms with Crippen LogP contribution in [0.4, 0.5) is 0 Å². The molecule has 0 spiro atoms. The molecule has 2 aliphatic rings. The summed E-state index contributed by atoms with van der Waals surface area (Å²) in [5, 5.41) is 15.8. The molecule has 0 atom stereocenters. The van der Waals surface area contributed by atoms with Gasteiger partial charge >= 0.3 is 0 Å². The molecular formula is C20H36N6. The molecule has 1 aliphatic heterocycles. The lowest BCUT2D eigenvalue weighted by atomic mass is 9.80. The van der Waals surface area contributed by atoms with Crippen LogP contribution in [-0.4, -0.2) is 33.3 Å². The van der Waals surface area contributed by atoms with E-state index in [4.69, 9.17) is 4.99 Å². The van der Waals surface area contributed by atoms with Crippen molar-refractivity contribution in [2.75, 3.05) is 6.54 Å². The maximum atomic E-state index is 4.81. The Morgan fingerprint density at radius 3 is 2.69 bits per heavy atom. The zero-order valence-corrected chi connectivity index (χ0v) is 16.8. The molecule has 26 heavy (non-hydrogen) atoms. The number of guanidine groups is 1. The van der Waals surface area contributed by atoms with Crippen molar-refractivity contribution in [2.24, 2.45) is 16.8 Å². The maximum absolute atomic E-state index is 4.81. The number of aliphatic imine (C=N–C) groups is 1. The van der Waals surface area contributed by atoms with Crippen LogP contribution in [0.25, 0.3) is 0 Å². The Kier molecular flexibility index (Phi) is 6.92. The third-order valence-corrected chi connectivity index (χ3v) is 5.96. The van der Waals surface area contributed by atoms with Crippen LogP contribution in [0, 0.1) is 11.8 Å². The van der Waals surface area contributed by atoms with Crippen LogP contribution in [0.2, 0.25) is 0 Å². The zero-order valence-electron chi connectivity index (χ0n) is 16.8. The molecule has 1 saturated carbocycles. The van der Waals surface area contributed by atoms with Crippen molar-refractivity contribution >= 4 is 5.96 Å². The third-order valence-electron chi connectivity index (χ3n) is 5.96. The number of nitrogens with one attached hydrogen (secondary N) is 2. The molecule has 1 aromatic rings. The van der Waals surface area contributed by atoms with E-state index in [9.17, 15) is 0 Å². The lowest BCUT2D eigenvalue weighted by molar-refractivity contribution is 0.250. The lowest BCUT2D eigenvalue weighted by Crippen LogP contribution is -2.45. The van der Waals surface area contributed by atoms with E-state index in [1.54, 1.807) is 0 Å². The summed E-state index contributed by atoms with van der Waals surface area (Å²) in [4.78, 5) is 4.81. The molecule has 3 rings (SSSR count). The first-order chi connectivity index (χ1) is 12.7. The van der Waals surface area contributed by atoms with Gasteiger partial charge in [0.25, 0.3) is 0 Å². The van der Waals surface area contributed by atoms with Gasteiger partial charge in [-0.15, -0.1) is 10.2 Å². The van der Waals surface area contributed by atoms with E-state index in [-0.39, 0.29) is 0 Å². The first-order valence-electron chi connectivity index (χ1n) is 10.6. The molecule has 1 aliphatic carbocycles. The molecule has 2 N–H and O–H groups in total. The summed E-state index contributed by atoms with van der Waals surface area (Å²) >= 11 is 0. The van der Waals surface area contributed by atoms with Gasteiger partial charge in [-0.05, 0) is 57.3 Å². The lowest BCUT2D eigenvalue weighted by Gasteiger charge is -2.32. The number of nitrogens with zero attached hydrogens (tertiary/aromatic N) is 4. The molecule has 0 bridgehead atoms. The van der Waals surface area contributed by atoms with Crippen LogP contribution < -0.4 is 10.6 Å². The first-order valence-corrected chi connectivity index (χ1v) is 10.6. The van der Waals surface area contributed by atoms with E-state index in [1.807, 2.05) is 0 Å². The number of aryl methyl sites for hydroxylation is 1. The smallest absolute Gasteiger partial charge is 0.191 e. The second-order valence-corrected chi connectivity index (χ2v) is 8.19. The van der Waals surface area contributed by atoms with Gasteiger partial charge in [0, 0.05) is 25.6 Å². The summed E-state index contributed by atoms with van der Waals surface area (Å²) < 4.78 is 2.29. The Labute approximate surface area is 158 Å². The van der Waals surface area contributed by atoms with Gasteiger partial charge in [0.2, 0.25) is 0 Å². The maximum Gasteiger partial charge on any atom is 0.191 e. The number of hydrogen-bond acceptors (Lipinski definition) is 3. The number of hydrogen-bond donors (Lipinski definition) is 2. The van der Waals surface area contributed by atoms with Crippen LogP contribution >= 0.6 is 0 Å². The fraction of sp³-hybridized carbons (Fsp3) is 0.850. The summed E-state index contributed by atoms with van der Waals surface area (Å²) in [5.41, 5.74) is 0. The normalized spacial score (nSPS) is 24.2. The predicted molar refractivity (Wildman–Crippen MR) is 106 cm³/mol. The van der Waals surface area contributed by atoms with Gasteiger partial charge in [-0.2, -0.15) is 0 Å². The summed E-state index contributed by atoms with van der Waals surface area (Å²) in [6.07, 6.45) is 9.92. The van der Waals surface area contributed by atoms with Gasteiger partial charge in [-0.3, -0.25) is 0 Å². The van der Waals surface area contributed by atoms with Crippen molar-refractivity contribution in [1.29, 1.82) is 0 Å². The molecule has 6 nitrogen and oxygen atoms in total. The summed E-state index contributed by atoms with van der Waals surface area (Å²) in [6, 6.07) is 0.540. The van der Waals surface area contributed by atoms with Crippen molar-refractivity contribution < 1.29 is 0 Å². The number of rotatable bonds is 5. The van der Waals surface area contributed by atoms with Crippen molar-refractivity contribution in [2.45, 2.75) is 91.3 Å². The van der Waals surface area contributed by atoms with Gasteiger partial charge in [-0.25, -0.2) is 4.99 Å². The summed E-state index contributed by atoms with van der Waals surface area (Å²) in [6.45, 7) is 9.35. The Balaban J connectivity index is 1.59. The monoisotopic (exact) mass is 360 g/mol. The Bertz CT molecular complexity index is 583.